The first-order valence-electron chi connectivity index (χ1n) is 11.2. The summed E-state index contributed by atoms with van der Waals surface area (Å²) in [4.78, 5) is 11.4. The van der Waals surface area contributed by atoms with Gasteiger partial charge in [0, 0.05) is 6.92 Å². The summed E-state index contributed by atoms with van der Waals surface area (Å²) in [6.07, 6.45) is 15.8. The minimum atomic E-state index is -0.0954. The molecule has 0 spiro atoms. The molecule has 0 aromatic rings. The van der Waals surface area contributed by atoms with Crippen molar-refractivity contribution in [3.63, 3.8) is 0 Å². The van der Waals surface area contributed by atoms with Crippen molar-refractivity contribution in [2.45, 2.75) is 98.0 Å². The molecule has 0 unspecified atom stereocenters. The van der Waals surface area contributed by atoms with Crippen molar-refractivity contribution in [1.82, 2.24) is 0 Å². The van der Waals surface area contributed by atoms with Crippen LogP contribution in [0.5, 0.6) is 0 Å². The van der Waals surface area contributed by atoms with Crippen molar-refractivity contribution in [3.8, 4) is 0 Å². The highest BCUT2D eigenvalue weighted by molar-refractivity contribution is 5.66. The molecule has 0 heterocycles. The molecule has 4 aliphatic rings. The van der Waals surface area contributed by atoms with Crippen LogP contribution in [0.2, 0.25) is 0 Å². The molecule has 4 aliphatic carbocycles. The third-order valence-electron chi connectivity index (χ3n) is 9.25. The Kier molecular flexibility index (Phi) is 4.77. The minimum Gasteiger partial charge on any atom is -0.463 e. The topological polar surface area (TPSA) is 26.3 Å². The molecule has 0 amide bonds. The number of esters is 1. The molecule has 4 rings (SSSR count). The van der Waals surface area contributed by atoms with E-state index in [0.29, 0.717) is 10.8 Å². The van der Waals surface area contributed by atoms with E-state index in [1.54, 1.807) is 12.5 Å². The first-order chi connectivity index (χ1) is 12.4. The van der Waals surface area contributed by atoms with Crippen LogP contribution < -0.4 is 0 Å². The molecule has 0 aliphatic heterocycles. The first-order valence-corrected chi connectivity index (χ1v) is 11.2. The number of carbonyl (C=O) groups excluding carboxylic acids is 1. The molecule has 26 heavy (non-hydrogen) atoms. The number of allylic oxidation sites excluding steroid dienone is 2. The van der Waals surface area contributed by atoms with E-state index in [0.717, 1.165) is 36.5 Å². The Morgan fingerprint density at radius 3 is 2.65 bits per heavy atom. The maximum Gasteiger partial charge on any atom is 0.302 e. The zero-order chi connectivity index (χ0) is 18.5. The van der Waals surface area contributed by atoms with E-state index in [-0.39, 0.29) is 12.1 Å². The Hall–Kier alpha value is -0.790. The summed E-state index contributed by atoms with van der Waals surface area (Å²) in [6, 6.07) is 0. The predicted octanol–water partition coefficient (Wildman–Crippen LogP) is 6.30. The van der Waals surface area contributed by atoms with Gasteiger partial charge in [0.05, 0.1) is 0 Å². The highest BCUT2D eigenvalue weighted by atomic mass is 16.5. The van der Waals surface area contributed by atoms with E-state index >= 15 is 0 Å². The van der Waals surface area contributed by atoms with E-state index in [9.17, 15) is 4.79 Å². The normalized spacial score (nSPS) is 49.2. The molecule has 0 aromatic carbocycles. The fraction of sp³-hybridized carbons (Fsp3) is 0.875. The van der Waals surface area contributed by atoms with Gasteiger partial charge in [0.15, 0.2) is 0 Å². The van der Waals surface area contributed by atoms with Gasteiger partial charge in [-0.05, 0) is 98.7 Å². The SMILES string of the molecule is CC/C=C1/CC[C@@H]2[C@H]3CC[C@H]4C[C@@H](OC(C)=O)CC[C@]4(C)[C@@H]3CC[C@]12C. The number of ether oxygens (including phenoxy) is 1. The van der Waals surface area contributed by atoms with Gasteiger partial charge in [-0.25, -0.2) is 0 Å². The predicted molar refractivity (Wildman–Crippen MR) is 106 cm³/mol. The van der Waals surface area contributed by atoms with E-state index in [1.165, 1.54) is 51.4 Å². The monoisotopic (exact) mass is 358 g/mol. The molecule has 0 aromatic heterocycles. The molecule has 4 saturated carbocycles. The van der Waals surface area contributed by atoms with Crippen molar-refractivity contribution in [2.75, 3.05) is 0 Å². The van der Waals surface area contributed by atoms with E-state index in [4.69, 9.17) is 4.74 Å². The Balaban J connectivity index is 1.54. The van der Waals surface area contributed by atoms with Gasteiger partial charge in [-0.3, -0.25) is 4.79 Å². The molecule has 146 valence electrons. The van der Waals surface area contributed by atoms with Crippen LogP contribution in [0.3, 0.4) is 0 Å². The summed E-state index contributed by atoms with van der Waals surface area (Å²) in [5, 5.41) is 0. The average molecular weight is 359 g/mol. The second kappa shape index (κ2) is 6.67. The van der Waals surface area contributed by atoms with Gasteiger partial charge in [-0.1, -0.05) is 32.4 Å². The highest BCUT2D eigenvalue weighted by Gasteiger charge is 2.59. The van der Waals surface area contributed by atoms with Crippen molar-refractivity contribution < 1.29 is 9.53 Å². The van der Waals surface area contributed by atoms with E-state index in [1.807, 2.05) is 0 Å². The average Bonchev–Trinajstić information content (AvgIpc) is 2.92. The summed E-state index contributed by atoms with van der Waals surface area (Å²) in [5.74, 6) is 3.42. The maximum atomic E-state index is 11.4. The molecular weight excluding hydrogens is 320 g/mol. The van der Waals surface area contributed by atoms with Crippen LogP contribution in [0.25, 0.3) is 0 Å². The van der Waals surface area contributed by atoms with Crippen LogP contribution in [-0.2, 0) is 9.53 Å². The highest BCUT2D eigenvalue weighted by Crippen LogP contribution is 2.67. The summed E-state index contributed by atoms with van der Waals surface area (Å²) in [6.45, 7) is 9.05. The third kappa shape index (κ3) is 2.78. The van der Waals surface area contributed by atoms with Crippen molar-refractivity contribution >= 4 is 5.97 Å². The largest absolute Gasteiger partial charge is 0.463 e. The zero-order valence-electron chi connectivity index (χ0n) is 17.4. The molecular formula is C24H38O2. The number of carbonyl (C=O) groups is 1. The molecule has 0 radical (unpaired) electrons. The fourth-order valence-electron chi connectivity index (χ4n) is 7.99. The zero-order valence-corrected chi connectivity index (χ0v) is 17.4. The van der Waals surface area contributed by atoms with Gasteiger partial charge in [0.1, 0.15) is 6.10 Å². The maximum absolute atomic E-state index is 11.4. The van der Waals surface area contributed by atoms with Gasteiger partial charge in [-0.2, -0.15) is 0 Å². The van der Waals surface area contributed by atoms with Crippen LogP contribution in [0, 0.1) is 34.5 Å². The van der Waals surface area contributed by atoms with Gasteiger partial charge in [0.2, 0.25) is 0 Å². The van der Waals surface area contributed by atoms with Crippen LogP contribution in [-0.4, -0.2) is 12.1 Å². The Morgan fingerprint density at radius 2 is 1.92 bits per heavy atom. The first kappa shape index (κ1) is 18.6. The minimum absolute atomic E-state index is 0.0954. The number of fused-ring (bicyclic) bond motifs is 5. The standard InChI is InChI=1S/C24H38O2/c1-5-6-17-8-10-21-20-9-7-18-15-19(26-16(2)25)11-13-24(18,4)22(20)12-14-23(17,21)3/h6,18-22H,5,7-15H2,1-4H3/b17-6-/t18-,19-,20+,21+,22+,23+,24-/m0/s1. The van der Waals surface area contributed by atoms with Crippen LogP contribution in [0.4, 0.5) is 0 Å². The van der Waals surface area contributed by atoms with Crippen molar-refractivity contribution in [2.24, 2.45) is 34.5 Å². The van der Waals surface area contributed by atoms with E-state index < -0.39 is 0 Å². The van der Waals surface area contributed by atoms with Gasteiger partial charge < -0.3 is 4.74 Å². The summed E-state index contributed by atoms with van der Waals surface area (Å²) >= 11 is 0. The van der Waals surface area contributed by atoms with Gasteiger partial charge in [0.25, 0.3) is 0 Å². The number of rotatable bonds is 2. The van der Waals surface area contributed by atoms with Crippen LogP contribution >= 0.6 is 0 Å². The third-order valence-corrected chi connectivity index (χ3v) is 9.25. The smallest absolute Gasteiger partial charge is 0.302 e. The number of hydrogen-bond acceptors (Lipinski definition) is 2. The lowest BCUT2D eigenvalue weighted by molar-refractivity contribution is -0.158. The molecule has 0 N–H and O–H groups in total. The summed E-state index contributed by atoms with van der Waals surface area (Å²) in [5.41, 5.74) is 2.77. The van der Waals surface area contributed by atoms with E-state index in [2.05, 4.69) is 26.8 Å². The Morgan fingerprint density at radius 1 is 1.12 bits per heavy atom. The summed E-state index contributed by atoms with van der Waals surface area (Å²) in [7, 11) is 0. The molecule has 0 saturated heterocycles. The second-order valence-electron chi connectivity index (χ2n) is 10.3. The quantitative estimate of drug-likeness (QED) is 0.428. The van der Waals surface area contributed by atoms with Crippen LogP contribution in [0.15, 0.2) is 11.6 Å². The Bertz CT molecular complexity index is 593. The van der Waals surface area contributed by atoms with Gasteiger partial charge in [-0.15, -0.1) is 0 Å². The fourth-order valence-corrected chi connectivity index (χ4v) is 7.99. The number of hydrogen-bond donors (Lipinski definition) is 0. The molecule has 7 atom stereocenters. The molecule has 4 fully saturated rings. The molecule has 2 heteroatoms. The molecule has 0 bridgehead atoms. The lowest BCUT2D eigenvalue weighted by atomic mass is 9.45. The Labute approximate surface area is 160 Å². The van der Waals surface area contributed by atoms with Gasteiger partial charge >= 0.3 is 5.97 Å². The van der Waals surface area contributed by atoms with Crippen LogP contribution in [0.1, 0.15) is 91.9 Å². The summed E-state index contributed by atoms with van der Waals surface area (Å²) < 4.78 is 5.60. The van der Waals surface area contributed by atoms with Crippen molar-refractivity contribution in [1.29, 1.82) is 0 Å². The lowest BCUT2D eigenvalue weighted by Gasteiger charge is -2.60. The second-order valence-corrected chi connectivity index (χ2v) is 10.3. The molecule has 2 nitrogen and oxygen atoms in total. The lowest BCUT2D eigenvalue weighted by Crippen LogP contribution is -2.53. The van der Waals surface area contributed by atoms with Crippen molar-refractivity contribution in [3.05, 3.63) is 11.6 Å².